The normalized spacial score (nSPS) is 11.0. The summed E-state index contributed by atoms with van der Waals surface area (Å²) in [6.07, 6.45) is 3.78. The molecule has 4 nitrogen and oxygen atoms in total. The van der Waals surface area contributed by atoms with Gasteiger partial charge in [0.25, 0.3) is 0 Å². The van der Waals surface area contributed by atoms with Gasteiger partial charge < -0.3 is 9.47 Å². The molecule has 0 aliphatic carbocycles. The van der Waals surface area contributed by atoms with E-state index in [1.165, 1.54) is 14.2 Å². The zero-order chi connectivity index (χ0) is 12.6. The molecule has 0 aromatic heterocycles. The monoisotopic (exact) mass is 230 g/mol. The molecule has 4 heteroatoms. The molecule has 0 aliphatic heterocycles. The third kappa shape index (κ3) is 3.22. The van der Waals surface area contributed by atoms with Gasteiger partial charge in [0.1, 0.15) is 0 Å². The van der Waals surface area contributed by atoms with Gasteiger partial charge in [-0.15, -0.1) is 0 Å². The smallest absolute Gasteiger partial charge is 0.323 e. The third-order valence-electron chi connectivity index (χ3n) is 2.96. The highest BCUT2D eigenvalue weighted by Gasteiger charge is 2.46. The maximum absolute atomic E-state index is 11.7. The quantitative estimate of drug-likeness (QED) is 0.382. The minimum atomic E-state index is -1.11. The molecule has 0 heterocycles. The second-order valence-corrected chi connectivity index (χ2v) is 3.88. The average Bonchev–Trinajstić information content (AvgIpc) is 2.33. The van der Waals surface area contributed by atoms with Gasteiger partial charge in [0, 0.05) is 0 Å². The van der Waals surface area contributed by atoms with Crippen molar-refractivity contribution in [2.75, 3.05) is 14.2 Å². The first-order valence-corrected chi connectivity index (χ1v) is 5.75. The van der Waals surface area contributed by atoms with Crippen LogP contribution < -0.4 is 0 Å². The summed E-state index contributed by atoms with van der Waals surface area (Å²) < 4.78 is 9.44. The minimum Gasteiger partial charge on any atom is -0.468 e. The van der Waals surface area contributed by atoms with E-state index < -0.39 is 17.4 Å². The molecule has 0 fully saturated rings. The number of carbonyl (C=O) groups is 2. The molecule has 0 saturated heterocycles. The number of carbonyl (C=O) groups excluding carboxylic acids is 2. The van der Waals surface area contributed by atoms with Crippen molar-refractivity contribution in [3.8, 4) is 0 Å². The maximum atomic E-state index is 11.7. The van der Waals surface area contributed by atoms with Crippen molar-refractivity contribution in [1.82, 2.24) is 0 Å². The Balaban J connectivity index is 4.81. The second-order valence-electron chi connectivity index (χ2n) is 3.88. The Bertz CT molecular complexity index is 219. The Morgan fingerprint density at radius 1 is 1.00 bits per heavy atom. The first-order chi connectivity index (χ1) is 7.58. The average molecular weight is 230 g/mol. The summed E-state index contributed by atoms with van der Waals surface area (Å²) in [5, 5.41) is 0. The van der Waals surface area contributed by atoms with Crippen LogP contribution in [0.4, 0.5) is 0 Å². The van der Waals surface area contributed by atoms with Crippen LogP contribution in [0.1, 0.15) is 46.0 Å². The molecule has 0 saturated carbocycles. The number of hydrogen-bond acceptors (Lipinski definition) is 4. The third-order valence-corrected chi connectivity index (χ3v) is 2.96. The lowest BCUT2D eigenvalue weighted by Gasteiger charge is -2.26. The van der Waals surface area contributed by atoms with Crippen molar-refractivity contribution >= 4 is 11.9 Å². The van der Waals surface area contributed by atoms with Gasteiger partial charge in [0.2, 0.25) is 0 Å². The van der Waals surface area contributed by atoms with Gasteiger partial charge in [-0.2, -0.15) is 0 Å². The summed E-state index contributed by atoms with van der Waals surface area (Å²) in [5.74, 6) is -0.976. The molecular weight excluding hydrogens is 208 g/mol. The maximum Gasteiger partial charge on any atom is 0.323 e. The van der Waals surface area contributed by atoms with Gasteiger partial charge in [-0.05, 0) is 12.8 Å². The minimum absolute atomic E-state index is 0.413. The van der Waals surface area contributed by atoms with Crippen molar-refractivity contribution in [3.05, 3.63) is 0 Å². The number of methoxy groups -OCH3 is 2. The van der Waals surface area contributed by atoms with Gasteiger partial charge in [0.15, 0.2) is 5.41 Å². The number of rotatable bonds is 7. The van der Waals surface area contributed by atoms with Crippen LogP contribution in [0.2, 0.25) is 0 Å². The van der Waals surface area contributed by atoms with Crippen LogP contribution in [0.15, 0.2) is 0 Å². The lowest BCUT2D eigenvalue weighted by molar-refractivity contribution is -0.170. The van der Waals surface area contributed by atoms with Crippen molar-refractivity contribution in [2.45, 2.75) is 46.0 Å². The zero-order valence-electron chi connectivity index (χ0n) is 10.7. The predicted molar refractivity (Wildman–Crippen MR) is 60.9 cm³/mol. The standard InChI is InChI=1S/C12H22O4/c1-5-7-8-9-12(6-2,10(13)15-3)11(14)16-4/h5-9H2,1-4H3. The SMILES string of the molecule is CCCCCC(CC)(C(=O)OC)C(=O)OC. The number of unbranched alkanes of at least 4 members (excludes halogenated alkanes) is 2. The van der Waals surface area contributed by atoms with E-state index >= 15 is 0 Å². The molecule has 0 atom stereocenters. The first-order valence-electron chi connectivity index (χ1n) is 5.75. The Morgan fingerprint density at radius 3 is 1.81 bits per heavy atom. The Morgan fingerprint density at radius 2 is 1.50 bits per heavy atom. The molecule has 16 heavy (non-hydrogen) atoms. The van der Waals surface area contributed by atoms with Gasteiger partial charge >= 0.3 is 11.9 Å². The van der Waals surface area contributed by atoms with Crippen LogP contribution in [0, 0.1) is 5.41 Å². The fourth-order valence-corrected chi connectivity index (χ4v) is 1.82. The molecule has 0 aromatic rings. The summed E-state index contributed by atoms with van der Waals surface area (Å²) in [6.45, 7) is 3.88. The Labute approximate surface area is 97.3 Å². The number of ether oxygens (including phenoxy) is 2. The van der Waals surface area contributed by atoms with Gasteiger partial charge in [-0.3, -0.25) is 9.59 Å². The van der Waals surface area contributed by atoms with Crippen LogP contribution in [0.25, 0.3) is 0 Å². The van der Waals surface area contributed by atoms with E-state index in [9.17, 15) is 9.59 Å². The van der Waals surface area contributed by atoms with Crippen molar-refractivity contribution in [3.63, 3.8) is 0 Å². The Kier molecular flexibility index (Phi) is 6.77. The lowest BCUT2D eigenvalue weighted by Crippen LogP contribution is -2.40. The fraction of sp³-hybridized carbons (Fsp3) is 0.833. The van der Waals surface area contributed by atoms with E-state index in [2.05, 4.69) is 6.92 Å². The summed E-state index contributed by atoms with van der Waals surface area (Å²) in [5.41, 5.74) is -1.11. The Hall–Kier alpha value is -1.06. The van der Waals surface area contributed by atoms with Crippen molar-refractivity contribution < 1.29 is 19.1 Å². The van der Waals surface area contributed by atoms with Crippen LogP contribution in [-0.4, -0.2) is 26.2 Å². The molecule has 94 valence electrons. The molecule has 0 rings (SSSR count). The summed E-state index contributed by atoms with van der Waals surface area (Å²) in [7, 11) is 2.60. The largest absolute Gasteiger partial charge is 0.468 e. The number of hydrogen-bond donors (Lipinski definition) is 0. The van der Waals surface area contributed by atoms with E-state index in [1.54, 1.807) is 6.92 Å². The van der Waals surface area contributed by atoms with E-state index in [-0.39, 0.29) is 0 Å². The van der Waals surface area contributed by atoms with E-state index in [0.29, 0.717) is 12.8 Å². The molecule has 0 spiro atoms. The molecule has 0 radical (unpaired) electrons. The van der Waals surface area contributed by atoms with Gasteiger partial charge in [-0.1, -0.05) is 33.1 Å². The van der Waals surface area contributed by atoms with E-state index in [0.717, 1.165) is 19.3 Å². The van der Waals surface area contributed by atoms with Crippen LogP contribution >= 0.6 is 0 Å². The molecule has 0 bridgehead atoms. The van der Waals surface area contributed by atoms with E-state index in [1.807, 2.05) is 0 Å². The topological polar surface area (TPSA) is 52.6 Å². The molecule has 0 aromatic carbocycles. The lowest BCUT2D eigenvalue weighted by atomic mass is 9.80. The highest BCUT2D eigenvalue weighted by Crippen LogP contribution is 2.32. The molecule has 0 amide bonds. The predicted octanol–water partition coefficient (Wildman–Crippen LogP) is 2.31. The first kappa shape index (κ1) is 14.9. The zero-order valence-corrected chi connectivity index (χ0v) is 10.7. The summed E-state index contributed by atoms with van der Waals surface area (Å²) in [6, 6.07) is 0. The van der Waals surface area contributed by atoms with Gasteiger partial charge in [0.05, 0.1) is 14.2 Å². The van der Waals surface area contributed by atoms with Crippen molar-refractivity contribution in [1.29, 1.82) is 0 Å². The molecule has 0 aliphatic rings. The molecular formula is C12H22O4. The highest BCUT2D eigenvalue weighted by atomic mass is 16.5. The van der Waals surface area contributed by atoms with Crippen LogP contribution in [0.3, 0.4) is 0 Å². The van der Waals surface area contributed by atoms with Gasteiger partial charge in [-0.25, -0.2) is 0 Å². The number of esters is 2. The van der Waals surface area contributed by atoms with Crippen molar-refractivity contribution in [2.24, 2.45) is 5.41 Å². The van der Waals surface area contributed by atoms with Crippen LogP contribution in [-0.2, 0) is 19.1 Å². The fourth-order valence-electron chi connectivity index (χ4n) is 1.82. The second kappa shape index (κ2) is 7.25. The summed E-state index contributed by atoms with van der Waals surface area (Å²) >= 11 is 0. The highest BCUT2D eigenvalue weighted by molar-refractivity contribution is 5.99. The van der Waals surface area contributed by atoms with Crippen LogP contribution in [0.5, 0.6) is 0 Å². The molecule has 0 unspecified atom stereocenters. The van der Waals surface area contributed by atoms with E-state index in [4.69, 9.17) is 9.47 Å². The summed E-state index contributed by atoms with van der Waals surface area (Å²) in [4.78, 5) is 23.5. The molecule has 0 N–H and O–H groups in total.